The van der Waals surface area contributed by atoms with Crippen molar-refractivity contribution in [3.8, 4) is 0 Å². The van der Waals surface area contributed by atoms with Crippen molar-refractivity contribution >= 4 is 32.8 Å². The molecule has 0 amide bonds. The van der Waals surface area contributed by atoms with Gasteiger partial charge in [0, 0.05) is 33.3 Å². The van der Waals surface area contributed by atoms with Crippen LogP contribution in [0.25, 0.3) is 10.1 Å². The Morgan fingerprint density at radius 2 is 1.96 bits per heavy atom. The average molecular weight is 345 g/mol. The fourth-order valence-electron chi connectivity index (χ4n) is 2.27. The molecule has 0 bridgehead atoms. The number of rotatable bonds is 4. The predicted octanol–water partition coefficient (Wildman–Crippen LogP) is 4.44. The Morgan fingerprint density at radius 1 is 1.17 bits per heavy atom. The molecule has 2 heterocycles. The Balaban J connectivity index is 2.01. The van der Waals surface area contributed by atoms with Gasteiger partial charge in [-0.3, -0.25) is 4.98 Å². The van der Waals surface area contributed by atoms with E-state index in [0.29, 0.717) is 0 Å². The first-order valence-electron chi connectivity index (χ1n) is 7.51. The van der Waals surface area contributed by atoms with Crippen molar-refractivity contribution in [2.24, 2.45) is 0 Å². The van der Waals surface area contributed by atoms with Gasteiger partial charge in [-0.05, 0) is 49.9 Å². The first-order chi connectivity index (χ1) is 10.9. The summed E-state index contributed by atoms with van der Waals surface area (Å²) >= 11 is 0.567. The summed E-state index contributed by atoms with van der Waals surface area (Å²) in [7, 11) is 0. The van der Waals surface area contributed by atoms with Gasteiger partial charge in [0.05, 0.1) is 0 Å². The Bertz CT molecular complexity index is 747. The second-order valence-corrected chi connectivity index (χ2v) is 9.52. The van der Waals surface area contributed by atoms with Crippen molar-refractivity contribution in [2.45, 2.75) is 31.6 Å². The highest BCUT2D eigenvalue weighted by Crippen LogP contribution is 2.34. The zero-order chi connectivity index (χ0) is 16.4. The van der Waals surface area contributed by atoms with Crippen molar-refractivity contribution in [3.63, 3.8) is 0 Å². The van der Waals surface area contributed by atoms with Crippen LogP contribution in [0.15, 0.2) is 54.9 Å². The zero-order valence-electron chi connectivity index (χ0n) is 13.4. The number of benzene rings is 1. The lowest BCUT2D eigenvalue weighted by atomic mass is 10.1. The molecule has 23 heavy (non-hydrogen) atoms. The Labute approximate surface area is 144 Å². The Kier molecular flexibility index (Phi) is 4.73. The summed E-state index contributed by atoms with van der Waals surface area (Å²) in [4.78, 5) is 5.37. The van der Waals surface area contributed by atoms with Crippen LogP contribution in [0.3, 0.4) is 0 Å². The number of thiophene rings is 1. The smallest absolute Gasteiger partial charge is 0.136 e. The van der Waals surface area contributed by atoms with Gasteiger partial charge >= 0.3 is 0 Å². The summed E-state index contributed by atoms with van der Waals surface area (Å²) in [5, 5.41) is 1.21. The van der Waals surface area contributed by atoms with Gasteiger partial charge in [0.2, 0.25) is 0 Å². The maximum absolute atomic E-state index is 12.6. The lowest BCUT2D eigenvalue weighted by molar-refractivity contribution is 0.536. The minimum Gasteiger partial charge on any atom is -0.598 e. The topological polar surface area (TPSA) is 48.0 Å². The minimum atomic E-state index is -1.16. The number of nitrogens with one attached hydrogen (secondary N) is 1. The van der Waals surface area contributed by atoms with Gasteiger partial charge in [-0.15, -0.1) is 16.1 Å². The number of pyridine rings is 1. The second-order valence-electron chi connectivity index (χ2n) is 6.40. The molecule has 0 aliphatic heterocycles. The summed E-state index contributed by atoms with van der Waals surface area (Å²) in [5.41, 5.74) is 1.02. The van der Waals surface area contributed by atoms with Crippen LogP contribution in [0.1, 0.15) is 37.3 Å². The molecular formula is C18H20N2OS2. The minimum absolute atomic E-state index is 0.124. The molecule has 0 saturated heterocycles. The molecule has 3 rings (SSSR count). The van der Waals surface area contributed by atoms with Crippen LogP contribution in [-0.2, 0) is 11.4 Å². The van der Waals surface area contributed by atoms with Crippen molar-refractivity contribution in [3.05, 3.63) is 65.3 Å². The van der Waals surface area contributed by atoms with E-state index in [-0.39, 0.29) is 10.8 Å². The molecule has 3 aromatic rings. The fourth-order valence-corrected chi connectivity index (χ4v) is 4.31. The van der Waals surface area contributed by atoms with E-state index in [2.05, 4.69) is 27.9 Å². The summed E-state index contributed by atoms with van der Waals surface area (Å²) in [6.07, 6.45) is 3.59. The van der Waals surface area contributed by atoms with Crippen LogP contribution >= 0.6 is 11.3 Å². The molecule has 0 fully saturated rings. The summed E-state index contributed by atoms with van der Waals surface area (Å²) in [6, 6.07) is 14.3. The summed E-state index contributed by atoms with van der Waals surface area (Å²) in [6.45, 7) is 5.92. The van der Waals surface area contributed by atoms with Crippen LogP contribution in [-0.4, -0.2) is 14.3 Å². The number of aromatic nitrogens is 1. The van der Waals surface area contributed by atoms with Crippen molar-refractivity contribution in [1.29, 1.82) is 0 Å². The third kappa shape index (κ3) is 3.75. The molecule has 2 unspecified atom stereocenters. The van der Waals surface area contributed by atoms with Crippen molar-refractivity contribution in [1.82, 2.24) is 9.71 Å². The van der Waals surface area contributed by atoms with E-state index in [9.17, 15) is 4.55 Å². The van der Waals surface area contributed by atoms with Crippen molar-refractivity contribution in [2.75, 3.05) is 0 Å². The molecule has 0 aliphatic carbocycles. The van der Waals surface area contributed by atoms with Gasteiger partial charge < -0.3 is 4.55 Å². The maximum Gasteiger partial charge on any atom is 0.136 e. The highest BCUT2D eigenvalue weighted by molar-refractivity contribution is 7.90. The molecule has 2 atom stereocenters. The van der Waals surface area contributed by atoms with Crippen LogP contribution < -0.4 is 4.72 Å². The third-order valence-corrected chi connectivity index (χ3v) is 6.27. The molecular weight excluding hydrogens is 324 g/mol. The monoisotopic (exact) mass is 344 g/mol. The molecule has 3 nitrogen and oxygen atoms in total. The fraction of sp³-hybridized carbons (Fsp3) is 0.278. The zero-order valence-corrected chi connectivity index (χ0v) is 15.1. The Morgan fingerprint density at radius 3 is 2.61 bits per heavy atom. The van der Waals surface area contributed by atoms with Gasteiger partial charge in [0.15, 0.2) is 0 Å². The van der Waals surface area contributed by atoms with E-state index < -0.39 is 11.4 Å². The third-order valence-electron chi connectivity index (χ3n) is 3.53. The quantitative estimate of drug-likeness (QED) is 0.712. The number of hydrogen-bond acceptors (Lipinski definition) is 4. The molecule has 2 aromatic heterocycles. The van der Waals surface area contributed by atoms with E-state index in [1.807, 2.05) is 51.2 Å². The number of hydrogen-bond donors (Lipinski definition) is 1. The first kappa shape index (κ1) is 16.5. The van der Waals surface area contributed by atoms with E-state index in [4.69, 9.17) is 0 Å². The first-order valence-corrected chi connectivity index (χ1v) is 9.48. The number of nitrogens with zero attached hydrogens (tertiary/aromatic N) is 1. The molecule has 0 radical (unpaired) electrons. The maximum atomic E-state index is 12.6. The lowest BCUT2D eigenvalue weighted by Gasteiger charge is -2.27. The van der Waals surface area contributed by atoms with E-state index in [1.165, 1.54) is 10.1 Å². The van der Waals surface area contributed by atoms with E-state index in [0.717, 1.165) is 10.4 Å². The van der Waals surface area contributed by atoms with Gasteiger partial charge in [-0.25, -0.2) is 0 Å². The summed E-state index contributed by atoms with van der Waals surface area (Å²) < 4.78 is 16.8. The van der Waals surface area contributed by atoms with Gasteiger partial charge in [0.25, 0.3) is 0 Å². The van der Waals surface area contributed by atoms with Gasteiger partial charge in [-0.1, -0.05) is 24.3 Å². The normalized spacial score (nSPS) is 14.8. The lowest BCUT2D eigenvalue weighted by Crippen LogP contribution is -2.41. The van der Waals surface area contributed by atoms with Crippen LogP contribution in [0.5, 0.6) is 0 Å². The average Bonchev–Trinajstić information content (AvgIpc) is 2.95. The summed E-state index contributed by atoms with van der Waals surface area (Å²) in [5.74, 6) is 0. The van der Waals surface area contributed by atoms with Gasteiger partial charge in [0.1, 0.15) is 10.8 Å². The van der Waals surface area contributed by atoms with Crippen LogP contribution in [0.2, 0.25) is 0 Å². The van der Waals surface area contributed by atoms with Crippen LogP contribution in [0, 0.1) is 0 Å². The highest BCUT2D eigenvalue weighted by atomic mass is 32.2. The molecule has 120 valence electrons. The van der Waals surface area contributed by atoms with E-state index in [1.54, 1.807) is 17.5 Å². The Hall–Kier alpha value is -1.40. The predicted molar refractivity (Wildman–Crippen MR) is 98.9 cm³/mol. The SMILES string of the molecule is CC(C)(C)[S+]([O-])NC(c1cccnc1)c1cc2ccccc2s1. The number of fused-ring (bicyclic) bond motifs is 1. The molecule has 1 aromatic carbocycles. The second kappa shape index (κ2) is 6.61. The van der Waals surface area contributed by atoms with Crippen LogP contribution in [0.4, 0.5) is 0 Å². The molecule has 5 heteroatoms. The van der Waals surface area contributed by atoms with E-state index >= 15 is 0 Å². The van der Waals surface area contributed by atoms with Crippen molar-refractivity contribution < 1.29 is 4.55 Å². The molecule has 1 N–H and O–H groups in total. The molecule has 0 spiro atoms. The standard InChI is InChI=1S/C18H20N2OS2/c1-18(2,3)23(21)20-17(14-8-6-10-19-12-14)16-11-13-7-4-5-9-15(13)22-16/h4-12,17,20H,1-3H3. The largest absolute Gasteiger partial charge is 0.598 e. The highest BCUT2D eigenvalue weighted by Gasteiger charge is 2.31. The van der Waals surface area contributed by atoms with Gasteiger partial charge in [-0.2, -0.15) is 0 Å². The molecule has 0 aliphatic rings. The molecule has 0 saturated carbocycles.